The van der Waals surface area contributed by atoms with Crippen molar-refractivity contribution in [2.24, 2.45) is 5.73 Å². The van der Waals surface area contributed by atoms with E-state index in [0.717, 1.165) is 13.0 Å². The first kappa shape index (κ1) is 12.8. The zero-order valence-electron chi connectivity index (χ0n) is 11.1. The van der Waals surface area contributed by atoms with E-state index in [1.807, 2.05) is 23.7 Å². The van der Waals surface area contributed by atoms with Crippen molar-refractivity contribution in [1.29, 1.82) is 0 Å². The number of thiophene rings is 1. The van der Waals surface area contributed by atoms with Gasteiger partial charge < -0.3 is 5.73 Å². The van der Waals surface area contributed by atoms with Gasteiger partial charge in [-0.1, -0.05) is 0 Å². The number of hydrogen-bond donors (Lipinski definition) is 1. The zero-order chi connectivity index (χ0) is 13.2. The maximum atomic E-state index is 6.03. The fourth-order valence-electron chi connectivity index (χ4n) is 3.00. The highest BCUT2D eigenvalue weighted by Crippen LogP contribution is 2.37. The third-order valence-corrected chi connectivity index (χ3v) is 5.04. The molecule has 2 aromatic heterocycles. The van der Waals surface area contributed by atoms with Gasteiger partial charge in [0, 0.05) is 42.4 Å². The molecule has 0 spiro atoms. The van der Waals surface area contributed by atoms with E-state index >= 15 is 0 Å². The molecule has 0 saturated carbocycles. The summed E-state index contributed by atoms with van der Waals surface area (Å²) in [5.41, 5.74) is 8.78. The molecular weight excluding hydrogens is 254 g/mol. The summed E-state index contributed by atoms with van der Waals surface area (Å²) in [5, 5.41) is 2.20. The van der Waals surface area contributed by atoms with Crippen molar-refractivity contribution < 1.29 is 0 Å². The van der Waals surface area contributed by atoms with Gasteiger partial charge in [0.05, 0.1) is 0 Å². The normalized spacial score (nSPS) is 21.1. The monoisotopic (exact) mass is 273 g/mol. The van der Waals surface area contributed by atoms with Crippen molar-refractivity contribution in [2.75, 3.05) is 13.1 Å². The van der Waals surface area contributed by atoms with Gasteiger partial charge in [0.2, 0.25) is 0 Å². The minimum atomic E-state index is 0.283. The molecule has 0 amide bonds. The number of fused-ring (bicyclic) bond motifs is 1. The van der Waals surface area contributed by atoms with Gasteiger partial charge in [-0.05, 0) is 48.1 Å². The van der Waals surface area contributed by atoms with Gasteiger partial charge in [-0.25, -0.2) is 0 Å². The number of pyridine rings is 1. The molecule has 0 aromatic carbocycles. The molecule has 3 nitrogen and oxygen atoms in total. The second kappa shape index (κ2) is 5.41. The molecule has 2 unspecified atom stereocenters. The Morgan fingerprint density at radius 1 is 1.42 bits per heavy atom. The summed E-state index contributed by atoms with van der Waals surface area (Å²) in [6.45, 7) is 4.02. The van der Waals surface area contributed by atoms with Crippen molar-refractivity contribution >= 4 is 11.3 Å². The van der Waals surface area contributed by atoms with E-state index in [9.17, 15) is 0 Å². The quantitative estimate of drug-likeness (QED) is 0.935. The largest absolute Gasteiger partial charge is 0.329 e. The molecule has 2 N–H and O–H groups in total. The lowest BCUT2D eigenvalue weighted by atomic mass is 9.96. The van der Waals surface area contributed by atoms with E-state index in [2.05, 4.69) is 40.4 Å². The third kappa shape index (κ3) is 2.31. The summed E-state index contributed by atoms with van der Waals surface area (Å²) < 4.78 is 0. The minimum absolute atomic E-state index is 0.283. The van der Waals surface area contributed by atoms with Crippen molar-refractivity contribution in [1.82, 2.24) is 9.88 Å². The topological polar surface area (TPSA) is 42.1 Å². The molecule has 100 valence electrons. The molecular formula is C15H19N3S. The predicted molar refractivity (Wildman–Crippen MR) is 79.2 cm³/mol. The van der Waals surface area contributed by atoms with Gasteiger partial charge in [-0.2, -0.15) is 0 Å². The Hall–Kier alpha value is -1.23. The summed E-state index contributed by atoms with van der Waals surface area (Å²) >= 11 is 1.88. The lowest BCUT2D eigenvalue weighted by Gasteiger charge is -2.39. The molecule has 0 aliphatic carbocycles. The van der Waals surface area contributed by atoms with Crippen molar-refractivity contribution in [2.45, 2.75) is 25.4 Å². The first-order valence-electron chi connectivity index (χ1n) is 6.73. The van der Waals surface area contributed by atoms with Crippen LogP contribution in [-0.2, 0) is 6.42 Å². The number of nitrogens with zero attached hydrogens (tertiary/aromatic N) is 2. The van der Waals surface area contributed by atoms with Crippen LogP contribution in [0.25, 0.3) is 0 Å². The molecule has 4 heteroatoms. The Kier molecular flexibility index (Phi) is 3.64. The van der Waals surface area contributed by atoms with Crippen LogP contribution in [-0.4, -0.2) is 23.0 Å². The van der Waals surface area contributed by atoms with Gasteiger partial charge in [0.25, 0.3) is 0 Å². The van der Waals surface area contributed by atoms with E-state index in [1.165, 1.54) is 16.0 Å². The molecule has 19 heavy (non-hydrogen) atoms. The van der Waals surface area contributed by atoms with Gasteiger partial charge >= 0.3 is 0 Å². The Balaban J connectivity index is 1.90. The Morgan fingerprint density at radius 3 is 2.95 bits per heavy atom. The van der Waals surface area contributed by atoms with Crippen LogP contribution in [0.1, 0.15) is 35.0 Å². The van der Waals surface area contributed by atoms with Crippen LogP contribution in [0.2, 0.25) is 0 Å². The highest BCUT2D eigenvalue weighted by atomic mass is 32.1. The van der Waals surface area contributed by atoms with Crippen molar-refractivity contribution in [3.05, 3.63) is 52.0 Å². The summed E-state index contributed by atoms with van der Waals surface area (Å²) in [4.78, 5) is 8.15. The van der Waals surface area contributed by atoms with Gasteiger partial charge in [0.1, 0.15) is 0 Å². The lowest BCUT2D eigenvalue weighted by molar-refractivity contribution is 0.138. The van der Waals surface area contributed by atoms with Crippen LogP contribution < -0.4 is 5.73 Å². The van der Waals surface area contributed by atoms with Crippen LogP contribution >= 0.6 is 11.3 Å². The Labute approximate surface area is 118 Å². The summed E-state index contributed by atoms with van der Waals surface area (Å²) in [6.07, 6.45) is 4.84. The van der Waals surface area contributed by atoms with Crippen LogP contribution in [0.4, 0.5) is 0 Å². The average Bonchev–Trinajstić information content (AvgIpc) is 2.93. The summed E-state index contributed by atoms with van der Waals surface area (Å²) in [5.74, 6) is 0. The Morgan fingerprint density at radius 2 is 2.21 bits per heavy atom. The van der Waals surface area contributed by atoms with E-state index in [-0.39, 0.29) is 6.04 Å². The molecule has 3 heterocycles. The van der Waals surface area contributed by atoms with E-state index in [1.54, 1.807) is 0 Å². The second-order valence-electron chi connectivity index (χ2n) is 4.99. The maximum absolute atomic E-state index is 6.03. The molecule has 0 saturated heterocycles. The van der Waals surface area contributed by atoms with Crippen molar-refractivity contribution in [3.8, 4) is 0 Å². The summed E-state index contributed by atoms with van der Waals surface area (Å²) in [6, 6.07) is 7.14. The van der Waals surface area contributed by atoms with E-state index < -0.39 is 0 Å². The number of hydrogen-bond acceptors (Lipinski definition) is 4. The molecule has 3 rings (SSSR count). The maximum Gasteiger partial charge on any atom is 0.0477 e. The highest BCUT2D eigenvalue weighted by Gasteiger charge is 2.30. The first-order valence-corrected chi connectivity index (χ1v) is 7.61. The first-order chi connectivity index (χ1) is 9.31. The van der Waals surface area contributed by atoms with E-state index in [4.69, 9.17) is 5.73 Å². The standard InChI is InChI=1S/C15H19N3S/c1-11-13-5-9-19-15(13)4-8-18(11)14(10-16)12-2-6-17-7-3-12/h2-3,5-7,9,11,14H,4,8,10,16H2,1H3. The fraction of sp³-hybridized carbons (Fsp3) is 0.400. The second-order valence-corrected chi connectivity index (χ2v) is 6.00. The smallest absolute Gasteiger partial charge is 0.0477 e. The lowest BCUT2D eigenvalue weighted by Crippen LogP contribution is -2.39. The fourth-order valence-corrected chi connectivity index (χ4v) is 3.97. The number of nitrogens with two attached hydrogens (primary N) is 1. The average molecular weight is 273 g/mol. The summed E-state index contributed by atoms with van der Waals surface area (Å²) in [7, 11) is 0. The van der Waals surface area contributed by atoms with Crippen LogP contribution in [0.5, 0.6) is 0 Å². The van der Waals surface area contributed by atoms with Gasteiger partial charge in [-0.3, -0.25) is 9.88 Å². The van der Waals surface area contributed by atoms with Gasteiger partial charge in [0.15, 0.2) is 0 Å². The molecule has 2 atom stereocenters. The molecule has 0 fully saturated rings. The molecule has 0 bridgehead atoms. The SMILES string of the molecule is CC1c2ccsc2CCN1C(CN)c1ccncc1. The third-order valence-electron chi connectivity index (χ3n) is 4.04. The minimum Gasteiger partial charge on any atom is -0.329 e. The van der Waals surface area contributed by atoms with E-state index in [0.29, 0.717) is 12.6 Å². The van der Waals surface area contributed by atoms with Crippen LogP contribution in [0.15, 0.2) is 36.0 Å². The zero-order valence-corrected chi connectivity index (χ0v) is 11.9. The highest BCUT2D eigenvalue weighted by molar-refractivity contribution is 7.10. The van der Waals surface area contributed by atoms with Crippen LogP contribution in [0, 0.1) is 0 Å². The molecule has 0 radical (unpaired) electrons. The predicted octanol–water partition coefficient (Wildman–Crippen LogP) is 2.76. The molecule has 2 aromatic rings. The number of rotatable bonds is 3. The van der Waals surface area contributed by atoms with Crippen molar-refractivity contribution in [3.63, 3.8) is 0 Å². The van der Waals surface area contributed by atoms with Crippen LogP contribution in [0.3, 0.4) is 0 Å². The molecule has 1 aliphatic heterocycles. The molecule has 1 aliphatic rings. The Bertz CT molecular complexity index is 537. The van der Waals surface area contributed by atoms with Gasteiger partial charge in [-0.15, -0.1) is 11.3 Å². The number of aromatic nitrogens is 1.